The summed E-state index contributed by atoms with van der Waals surface area (Å²) in [5.41, 5.74) is 17.1. The molecular weight excluding hydrogens is 679 g/mol. The molecule has 6 rings (SSSR count). The van der Waals surface area contributed by atoms with Crippen molar-refractivity contribution < 1.29 is 46.1 Å². The molecule has 238 valence electrons. The van der Waals surface area contributed by atoms with Crippen molar-refractivity contribution in [3.05, 3.63) is 150 Å². The van der Waals surface area contributed by atoms with Crippen molar-refractivity contribution in [3.63, 3.8) is 0 Å². The molecule has 2 aliphatic carbocycles. The van der Waals surface area contributed by atoms with E-state index in [4.69, 9.17) is 0 Å². The molecule has 0 heterocycles. The van der Waals surface area contributed by atoms with E-state index in [1.54, 1.807) is 31.1 Å². The predicted octanol–water partition coefficient (Wildman–Crippen LogP) is 5.60. The minimum atomic E-state index is -2.85. The van der Waals surface area contributed by atoms with Crippen LogP contribution in [0.4, 0.5) is 0 Å². The van der Waals surface area contributed by atoms with Gasteiger partial charge in [0.15, 0.2) is 0 Å². The van der Waals surface area contributed by atoms with E-state index in [2.05, 4.69) is 139 Å². The fraction of sp³-hybridized carbons (Fsp3) is 0.326. The summed E-state index contributed by atoms with van der Waals surface area (Å²) in [6.07, 6.45) is 6.79. The molecule has 4 aromatic rings. The topological polar surface area (TPSA) is 0 Å². The van der Waals surface area contributed by atoms with Crippen LogP contribution in [0.25, 0.3) is 11.1 Å². The molecule has 0 saturated carbocycles. The van der Waals surface area contributed by atoms with E-state index in [0.29, 0.717) is 9.54 Å². The largest absolute Gasteiger partial charge is 1.00 e. The van der Waals surface area contributed by atoms with E-state index in [0.717, 1.165) is 32.1 Å². The molecule has 3 heteroatoms. The number of fused-ring (bicyclic) bond motifs is 3. The van der Waals surface area contributed by atoms with Crippen molar-refractivity contribution in [2.75, 3.05) is 0 Å². The van der Waals surface area contributed by atoms with Crippen molar-refractivity contribution >= 4 is 3.21 Å². The van der Waals surface area contributed by atoms with Gasteiger partial charge in [-0.3, -0.25) is 0 Å². The fourth-order valence-corrected chi connectivity index (χ4v) is 18.9. The molecule has 0 bridgehead atoms. The average molecular weight is 727 g/mol. The molecule has 46 heavy (non-hydrogen) atoms. The Morgan fingerprint density at radius 2 is 1.02 bits per heavy atom. The smallest absolute Gasteiger partial charge is 1.00 e. The Bertz CT molecular complexity index is 1670. The summed E-state index contributed by atoms with van der Waals surface area (Å²) in [5.74, 6) is 0.568. The molecule has 0 fully saturated rings. The molecule has 0 aliphatic heterocycles. The summed E-state index contributed by atoms with van der Waals surface area (Å²) in [4.78, 5) is 0. The van der Waals surface area contributed by atoms with Crippen LogP contribution in [0.1, 0.15) is 104 Å². The maximum atomic E-state index is 2.61. The second-order valence-electron chi connectivity index (χ2n) is 12.4. The second kappa shape index (κ2) is 16.2. The summed E-state index contributed by atoms with van der Waals surface area (Å²) in [7, 11) is 0. The second-order valence-corrected chi connectivity index (χ2v) is 18.4. The zero-order valence-electron chi connectivity index (χ0n) is 28.4. The van der Waals surface area contributed by atoms with Gasteiger partial charge in [-0.15, -0.1) is 0 Å². The first-order valence-electron chi connectivity index (χ1n) is 17.2. The van der Waals surface area contributed by atoms with E-state index >= 15 is 0 Å². The maximum absolute atomic E-state index is 2.85. The van der Waals surface area contributed by atoms with Crippen molar-refractivity contribution in [3.8, 4) is 11.1 Å². The Morgan fingerprint density at radius 3 is 1.41 bits per heavy atom. The Kier molecular flexibility index (Phi) is 12.9. The van der Waals surface area contributed by atoms with E-state index in [-0.39, 0.29) is 24.8 Å². The van der Waals surface area contributed by atoms with Crippen LogP contribution in [0.3, 0.4) is 0 Å². The molecule has 1 atom stereocenters. The summed E-state index contributed by atoms with van der Waals surface area (Å²) in [6, 6.07) is 37.9. The van der Waals surface area contributed by atoms with Gasteiger partial charge in [0, 0.05) is 0 Å². The quantitative estimate of drug-likeness (QED) is 0.200. The van der Waals surface area contributed by atoms with Crippen LogP contribution in [-0.4, -0.2) is 3.21 Å². The van der Waals surface area contributed by atoms with Gasteiger partial charge in [0.1, 0.15) is 0 Å². The Hall–Kier alpha value is -2.31. The summed E-state index contributed by atoms with van der Waals surface area (Å²) in [5, 5.41) is 0. The van der Waals surface area contributed by atoms with Crippen molar-refractivity contribution in [2.45, 2.75) is 83.7 Å². The molecule has 0 nitrogen and oxygen atoms in total. The molecule has 0 amide bonds. The van der Waals surface area contributed by atoms with Gasteiger partial charge < -0.3 is 24.8 Å². The van der Waals surface area contributed by atoms with Gasteiger partial charge in [-0.05, 0) is 0 Å². The number of hydrogen-bond donors (Lipinski definition) is 0. The van der Waals surface area contributed by atoms with Gasteiger partial charge >= 0.3 is 276 Å². The van der Waals surface area contributed by atoms with Crippen molar-refractivity contribution in [2.24, 2.45) is 5.92 Å². The van der Waals surface area contributed by atoms with Gasteiger partial charge in [-0.1, -0.05) is 0 Å². The predicted molar refractivity (Wildman–Crippen MR) is 187 cm³/mol. The van der Waals surface area contributed by atoms with Crippen LogP contribution in [0.5, 0.6) is 0 Å². The van der Waals surface area contributed by atoms with Gasteiger partial charge in [0.2, 0.25) is 0 Å². The fourth-order valence-electron chi connectivity index (χ4n) is 8.29. The number of aryl methyl sites for hydroxylation is 2. The minimum absolute atomic E-state index is 0. The Balaban J connectivity index is 0.00000240. The SMILES string of the molecule is CCC1=C(CC)C(CC)[C]([Zr+2](=[C](c2ccccc2)c2ccccc2)[CH]2c3cc(CC)ccc3-c3ccc(CC)cc32)=C1CC.[Cl-].[Cl-]. The average Bonchev–Trinajstić information content (AvgIpc) is 3.58. The van der Waals surface area contributed by atoms with Crippen LogP contribution in [0, 0.1) is 5.92 Å². The zero-order chi connectivity index (χ0) is 30.8. The number of hydrogen-bond acceptors (Lipinski definition) is 0. The maximum Gasteiger partial charge on any atom is -1.00 e. The number of halogens is 2. The molecule has 0 saturated heterocycles. The third kappa shape index (κ3) is 6.42. The molecular formula is C43H48Cl2Zr. The Morgan fingerprint density at radius 1 is 0.543 bits per heavy atom. The van der Waals surface area contributed by atoms with Crippen molar-refractivity contribution in [1.82, 2.24) is 0 Å². The molecule has 1 unspecified atom stereocenters. The van der Waals surface area contributed by atoms with Crippen LogP contribution in [-0.2, 0) is 34.1 Å². The third-order valence-electron chi connectivity index (χ3n) is 10.3. The zero-order valence-corrected chi connectivity index (χ0v) is 32.4. The van der Waals surface area contributed by atoms with Crippen LogP contribution in [0.2, 0.25) is 0 Å². The first-order chi connectivity index (χ1) is 21.6. The van der Waals surface area contributed by atoms with E-state index in [1.807, 2.05) is 3.28 Å². The van der Waals surface area contributed by atoms with E-state index in [1.165, 1.54) is 39.8 Å². The molecule has 0 aromatic heterocycles. The summed E-state index contributed by atoms with van der Waals surface area (Å²) in [6.45, 7) is 14.3. The number of benzene rings is 4. The minimum Gasteiger partial charge on any atom is -1.00 e. The first kappa shape index (κ1) is 36.5. The molecule has 0 N–H and O–H groups in total. The van der Waals surface area contributed by atoms with Gasteiger partial charge in [0.05, 0.1) is 0 Å². The normalized spacial score (nSPS) is 15.1. The van der Waals surface area contributed by atoms with Crippen LogP contribution in [0.15, 0.2) is 117 Å². The molecule has 4 aromatic carbocycles. The third-order valence-corrected chi connectivity index (χ3v) is 19.0. The van der Waals surface area contributed by atoms with Crippen molar-refractivity contribution in [1.29, 1.82) is 0 Å². The van der Waals surface area contributed by atoms with Gasteiger partial charge in [-0.25, -0.2) is 0 Å². The van der Waals surface area contributed by atoms with E-state index < -0.39 is 21.3 Å². The standard InChI is InChI=1S/C17H17.C13H10.C13H21.2ClH.Zr/c1-3-12-5-7-16-14(9-12)11-15-10-13(4-2)6-8-17(15)16;1-3-7-12(8-4-1)11-13-9-5-2-6-10-13;1-5-10-9-11(6-2)13(8-4)12(10)7-3;;;/h5-11H,3-4H2,1-2H3;1-10H;10H,5-8H2,1-4H3;2*1H;/q;;;;;+2/p-2. The van der Waals surface area contributed by atoms with E-state index in [9.17, 15) is 0 Å². The number of rotatable bonds is 10. The summed E-state index contributed by atoms with van der Waals surface area (Å²) >= 11 is -2.85. The summed E-state index contributed by atoms with van der Waals surface area (Å²) < 4.78 is 4.02. The van der Waals surface area contributed by atoms with Crippen LogP contribution >= 0.6 is 0 Å². The van der Waals surface area contributed by atoms with Gasteiger partial charge in [0.25, 0.3) is 0 Å². The monoisotopic (exact) mass is 724 g/mol. The van der Waals surface area contributed by atoms with Crippen LogP contribution < -0.4 is 24.8 Å². The molecule has 2 aliphatic rings. The molecule has 0 spiro atoms. The first-order valence-corrected chi connectivity index (χ1v) is 21.0. The van der Waals surface area contributed by atoms with Gasteiger partial charge in [-0.2, -0.15) is 0 Å². The number of allylic oxidation sites excluding steroid dienone is 4. The Labute approximate surface area is 298 Å². The molecule has 0 radical (unpaired) electrons.